The summed E-state index contributed by atoms with van der Waals surface area (Å²) in [6.07, 6.45) is 15.5. The zero-order valence-corrected chi connectivity index (χ0v) is 54.9. The minimum atomic E-state index is -4.60. The number of aliphatic hydroxyl groups is 2. The molecule has 8 aromatic carbocycles. The Kier molecular flexibility index (Phi) is 13.7. The number of hydrogen-bond acceptors (Lipinski definition) is 15. The number of para-hydroxylation sites is 3. The molecule has 94 heavy (non-hydrogen) atoms. The summed E-state index contributed by atoms with van der Waals surface area (Å²) >= 11 is 0. The molecule has 3 saturated heterocycles. The van der Waals surface area contributed by atoms with E-state index in [1.165, 1.54) is 11.1 Å². The zero-order valence-electron chi connectivity index (χ0n) is 52.3. The number of hydrogen-bond donors (Lipinski definition) is 4. The van der Waals surface area contributed by atoms with Crippen molar-refractivity contribution in [2.45, 2.75) is 156 Å². The summed E-state index contributed by atoms with van der Waals surface area (Å²) < 4.78 is 72.9. The van der Waals surface area contributed by atoms with Gasteiger partial charge in [-0.1, -0.05) is 178 Å². The average molecular weight is 1310 g/mol. The fourth-order valence-corrected chi connectivity index (χ4v) is 27.5. The first-order valence-corrected chi connectivity index (χ1v) is 38.8. The molecule has 0 spiro atoms. The lowest BCUT2D eigenvalue weighted by Gasteiger charge is -2.76. The Balaban J connectivity index is 0.764. The van der Waals surface area contributed by atoms with Gasteiger partial charge in [0.15, 0.2) is 6.29 Å². The lowest BCUT2D eigenvalue weighted by Crippen LogP contribution is -2.96. The van der Waals surface area contributed by atoms with Gasteiger partial charge >= 0.3 is 22.1 Å². The third-order valence-corrected chi connectivity index (χ3v) is 30.6. The molecule has 2 saturated carbocycles. The van der Waals surface area contributed by atoms with Gasteiger partial charge in [-0.3, -0.25) is 38.9 Å². The molecule has 4 N–H and O–H groups in total. The highest BCUT2D eigenvalue weighted by molar-refractivity contribution is 7.71. The van der Waals surface area contributed by atoms with Crippen molar-refractivity contribution < 1.29 is 42.3 Å². The van der Waals surface area contributed by atoms with Gasteiger partial charge in [-0.2, -0.15) is 4.90 Å². The van der Waals surface area contributed by atoms with Gasteiger partial charge in [0.25, 0.3) is 16.7 Å². The smallest absolute Gasteiger partial charge is 0.345 e. The van der Waals surface area contributed by atoms with Crippen molar-refractivity contribution >= 4 is 55.7 Å². The maximum absolute atomic E-state index is 17.7. The predicted molar refractivity (Wildman–Crippen MR) is 367 cm³/mol. The molecule has 0 radical (unpaired) electrons. The molecule has 15 nitrogen and oxygen atoms in total. The number of anilines is 2. The zero-order chi connectivity index (χ0) is 63.4. The van der Waals surface area contributed by atoms with E-state index in [9.17, 15) is 15.0 Å². The molecule has 9 atom stereocenters. The molecule has 8 aromatic rings. The molecule has 18 rings (SSSR count). The number of carbonyl (C=O) groups is 1. The fraction of sp³-hybridized carbons (Fsp3) is 0.329. The van der Waals surface area contributed by atoms with Crippen LogP contribution in [0.4, 0.5) is 11.4 Å². The van der Waals surface area contributed by atoms with E-state index in [1.54, 1.807) is 34.1 Å². The maximum Gasteiger partial charge on any atom is 0.345 e. The quantitative estimate of drug-likeness (QED) is 0.0547. The first-order chi connectivity index (χ1) is 45.9. The van der Waals surface area contributed by atoms with Crippen molar-refractivity contribution in [1.29, 1.82) is 0 Å². The molecular formula is C76H75N6O9P3. The minimum absolute atomic E-state index is 0.0334. The van der Waals surface area contributed by atoms with Gasteiger partial charge in [0.2, 0.25) is 5.79 Å². The monoisotopic (exact) mass is 1310 g/mol. The Hall–Kier alpha value is -7.38. The van der Waals surface area contributed by atoms with Gasteiger partial charge in [0.05, 0.1) is 15.9 Å². The summed E-state index contributed by atoms with van der Waals surface area (Å²) in [5, 5.41) is 38.2. The van der Waals surface area contributed by atoms with Gasteiger partial charge in [0, 0.05) is 52.2 Å². The van der Waals surface area contributed by atoms with Crippen LogP contribution >= 0.6 is 22.1 Å². The molecule has 9 unspecified atom stereocenters. The van der Waals surface area contributed by atoms with Gasteiger partial charge in [-0.25, -0.2) is 4.90 Å². The molecular weight excluding hydrogens is 1230 g/mol. The van der Waals surface area contributed by atoms with Crippen molar-refractivity contribution in [3.8, 4) is 50.6 Å². The van der Waals surface area contributed by atoms with Crippen LogP contribution in [0.25, 0.3) is 33.4 Å². The van der Waals surface area contributed by atoms with E-state index >= 15 is 13.7 Å². The number of fused-ring (bicyclic) bond motifs is 11. The standard InChI is InChI=1S/C76H75N6O9P3/c83-50-73(77-54-23-3-1-4-24-54)79(55-25-5-2-6-26-55)75(84,93(87)70-39-17-11-31-62(70)59-28-8-14-36-67(59)90-93)80(73)56-45-41-51(42-46-56)49-52-43-47-57(48-44-52)81-74(92(86)69-38-16-10-30-61(69)58-27-7-13-35-66(58)89-92)78-64-33-19-21-53-22-20-34-65(72(53)64)82(74)76(81,85)94(88)71-40-18-12-32-63(71)60-29-9-15-37-68(60)91-94/h7-18,27-32,35-48,50,54-55,64-65,77-78,84-85H,1-6,19-26,33-34,49H2. The second kappa shape index (κ2) is 21.8. The molecule has 5 fully saturated rings. The van der Waals surface area contributed by atoms with Gasteiger partial charge < -0.3 is 23.8 Å². The Bertz CT molecular complexity index is 4590. The van der Waals surface area contributed by atoms with E-state index in [0.717, 1.165) is 129 Å². The topological polar surface area (TPSA) is 173 Å². The molecule has 6 aliphatic heterocycles. The second-order valence-corrected chi connectivity index (χ2v) is 34.5. The van der Waals surface area contributed by atoms with E-state index in [0.29, 0.717) is 75.8 Å². The second-order valence-electron chi connectivity index (χ2n) is 27.4. The van der Waals surface area contributed by atoms with E-state index in [1.807, 2.05) is 180 Å². The summed E-state index contributed by atoms with van der Waals surface area (Å²) in [4.78, 5) is 21.7. The molecule has 6 heterocycles. The molecule has 18 heteroatoms. The number of nitrogens with one attached hydrogen (secondary N) is 2. The van der Waals surface area contributed by atoms with E-state index in [4.69, 9.17) is 13.6 Å². The van der Waals surface area contributed by atoms with Crippen LogP contribution in [-0.4, -0.2) is 73.0 Å². The molecule has 0 aromatic heterocycles. The Labute approximate surface area is 548 Å². The van der Waals surface area contributed by atoms with Crippen molar-refractivity contribution in [2.24, 2.45) is 0 Å². The van der Waals surface area contributed by atoms with Crippen molar-refractivity contribution in [3.63, 3.8) is 0 Å². The van der Waals surface area contributed by atoms with Crippen LogP contribution in [0.15, 0.2) is 205 Å². The summed E-state index contributed by atoms with van der Waals surface area (Å²) in [5.41, 5.74) is 3.22. The number of nitrogens with zero attached hydrogens (tertiary/aromatic N) is 4. The number of carbonyl (C=O) groups excluding carboxylic acids is 1. The highest BCUT2D eigenvalue weighted by Crippen LogP contribution is 2.80. The fourth-order valence-electron chi connectivity index (χ4n) is 18.4. The first kappa shape index (κ1) is 59.1. The molecule has 10 aliphatic rings. The van der Waals surface area contributed by atoms with Crippen LogP contribution in [0.3, 0.4) is 0 Å². The lowest BCUT2D eigenvalue weighted by molar-refractivity contribution is -0.234. The molecule has 478 valence electrons. The van der Waals surface area contributed by atoms with Crippen LogP contribution in [0.1, 0.15) is 114 Å². The first-order valence-electron chi connectivity index (χ1n) is 33.9. The number of rotatable bonds is 11. The Morgan fingerprint density at radius 2 is 0.894 bits per heavy atom. The van der Waals surface area contributed by atoms with E-state index in [2.05, 4.69) is 10.6 Å². The van der Waals surface area contributed by atoms with Crippen molar-refractivity contribution in [3.05, 3.63) is 216 Å². The Morgan fingerprint density at radius 3 is 1.40 bits per heavy atom. The SMILES string of the molecule is O=CC1(NC2CCCCC2)N(c2ccc(Cc3ccc(N4C(O)(P5(=O)Oc6ccccc6-c6ccccc65)N5C6CCCC7=C6C(CCC7)NC45P4(=O)Oc5ccccc5-c5ccccc54)cc3)cc2)C(O)(P2(=O)Oc3ccccc3-c3ccccc32)N1C1CCCCC1. The number of allylic oxidation sites excluding steroid dienone is 1. The lowest BCUT2D eigenvalue weighted by atomic mass is 9.74. The van der Waals surface area contributed by atoms with Crippen LogP contribution in [0.5, 0.6) is 17.2 Å². The van der Waals surface area contributed by atoms with Crippen molar-refractivity contribution in [1.82, 2.24) is 20.4 Å². The summed E-state index contributed by atoms with van der Waals surface area (Å²) in [6, 6.07) is 60.1. The van der Waals surface area contributed by atoms with E-state index < -0.39 is 50.6 Å². The van der Waals surface area contributed by atoms with Crippen molar-refractivity contribution in [2.75, 3.05) is 9.80 Å². The normalized spacial score (nSPS) is 31.6. The average Bonchev–Trinajstić information content (AvgIpc) is 0.634. The third-order valence-electron chi connectivity index (χ3n) is 22.4. The maximum atomic E-state index is 17.7. The Morgan fingerprint density at radius 1 is 0.468 bits per heavy atom. The van der Waals surface area contributed by atoms with Crippen LogP contribution < -0.4 is 49.9 Å². The van der Waals surface area contributed by atoms with Gasteiger partial charge in [-0.05, 0) is 165 Å². The predicted octanol–water partition coefficient (Wildman–Crippen LogP) is 14.4. The van der Waals surface area contributed by atoms with Crippen LogP contribution in [0, 0.1) is 0 Å². The number of aldehydes is 1. The summed E-state index contributed by atoms with van der Waals surface area (Å²) in [6.45, 7) is 0. The highest BCUT2D eigenvalue weighted by atomic mass is 31.2. The largest absolute Gasteiger partial charge is 0.436 e. The third kappa shape index (κ3) is 8.02. The van der Waals surface area contributed by atoms with E-state index in [-0.39, 0.29) is 18.1 Å². The van der Waals surface area contributed by atoms with Gasteiger partial charge in [-0.15, -0.1) is 0 Å². The van der Waals surface area contributed by atoms with Crippen LogP contribution in [-0.2, 0) is 24.9 Å². The highest BCUT2D eigenvalue weighted by Gasteiger charge is 2.87. The number of benzene rings is 8. The summed E-state index contributed by atoms with van der Waals surface area (Å²) in [5.74, 6) is -0.331. The molecule has 0 bridgehead atoms. The molecule has 0 amide bonds. The van der Waals surface area contributed by atoms with Crippen LogP contribution in [0.2, 0.25) is 0 Å². The summed E-state index contributed by atoms with van der Waals surface area (Å²) in [7, 11) is -13.4. The minimum Gasteiger partial charge on any atom is -0.436 e. The molecule has 4 aliphatic carbocycles. The van der Waals surface area contributed by atoms with Gasteiger partial charge in [0.1, 0.15) is 17.2 Å².